The van der Waals surface area contributed by atoms with Gasteiger partial charge in [0, 0.05) is 17.7 Å². The van der Waals surface area contributed by atoms with Crippen molar-refractivity contribution in [1.29, 1.82) is 0 Å². The molecule has 14 heavy (non-hydrogen) atoms. The van der Waals surface area contributed by atoms with Crippen molar-refractivity contribution in [2.24, 2.45) is 5.11 Å². The standard InChI is InChI=1S/C8H9N5O/c9-7-4-6(5-11-8(7)14)2-1-3-12-13-10/h1-2,4-5H,3,9H2,(H,11,14). The average Bonchev–Trinajstić information content (AvgIpc) is 2.18. The average molecular weight is 191 g/mol. The van der Waals surface area contributed by atoms with Crippen LogP contribution in [0.4, 0.5) is 5.69 Å². The van der Waals surface area contributed by atoms with Gasteiger partial charge in [0.15, 0.2) is 0 Å². The van der Waals surface area contributed by atoms with E-state index in [9.17, 15) is 4.79 Å². The number of pyridine rings is 1. The maximum absolute atomic E-state index is 10.9. The molecule has 72 valence electrons. The highest BCUT2D eigenvalue weighted by Gasteiger charge is 1.92. The van der Waals surface area contributed by atoms with E-state index in [1.165, 1.54) is 6.20 Å². The Morgan fingerprint density at radius 1 is 1.71 bits per heavy atom. The van der Waals surface area contributed by atoms with Gasteiger partial charge in [-0.1, -0.05) is 17.3 Å². The number of nitrogen functional groups attached to an aromatic ring is 1. The summed E-state index contributed by atoms with van der Waals surface area (Å²) in [4.78, 5) is 15.9. The number of hydrogen-bond acceptors (Lipinski definition) is 3. The molecular formula is C8H9N5O. The molecule has 0 fully saturated rings. The molecule has 0 aromatic carbocycles. The van der Waals surface area contributed by atoms with Crippen molar-refractivity contribution in [3.63, 3.8) is 0 Å². The first-order valence-electron chi connectivity index (χ1n) is 3.89. The summed E-state index contributed by atoms with van der Waals surface area (Å²) in [5, 5.41) is 3.32. The van der Waals surface area contributed by atoms with Crippen molar-refractivity contribution in [1.82, 2.24) is 4.98 Å². The van der Waals surface area contributed by atoms with E-state index in [0.29, 0.717) is 0 Å². The van der Waals surface area contributed by atoms with Crippen molar-refractivity contribution in [3.05, 3.63) is 44.7 Å². The minimum Gasteiger partial charge on any atom is -0.394 e. The first-order chi connectivity index (χ1) is 6.74. The van der Waals surface area contributed by atoms with Gasteiger partial charge in [0.1, 0.15) is 0 Å². The highest BCUT2D eigenvalue weighted by atomic mass is 16.1. The molecule has 0 amide bonds. The van der Waals surface area contributed by atoms with E-state index in [2.05, 4.69) is 15.0 Å². The summed E-state index contributed by atoms with van der Waals surface area (Å²) in [6.45, 7) is 0.273. The van der Waals surface area contributed by atoms with Gasteiger partial charge in [-0.2, -0.15) is 0 Å². The van der Waals surface area contributed by atoms with Gasteiger partial charge in [0.25, 0.3) is 5.56 Å². The van der Waals surface area contributed by atoms with E-state index in [0.717, 1.165) is 5.56 Å². The molecule has 0 spiro atoms. The molecule has 0 aliphatic carbocycles. The quantitative estimate of drug-likeness (QED) is 0.426. The molecule has 1 rings (SSSR count). The molecule has 0 radical (unpaired) electrons. The van der Waals surface area contributed by atoms with Gasteiger partial charge in [0.05, 0.1) is 5.69 Å². The third-order valence-electron chi connectivity index (χ3n) is 1.51. The van der Waals surface area contributed by atoms with Crippen LogP contribution in [-0.4, -0.2) is 11.5 Å². The van der Waals surface area contributed by atoms with Crippen LogP contribution in [0.2, 0.25) is 0 Å². The molecule has 1 aromatic heterocycles. The summed E-state index contributed by atoms with van der Waals surface area (Å²) in [5.41, 5.74) is 14.0. The van der Waals surface area contributed by atoms with Gasteiger partial charge >= 0.3 is 0 Å². The van der Waals surface area contributed by atoms with Crippen LogP contribution in [0.15, 0.2) is 28.2 Å². The highest BCUT2D eigenvalue weighted by molar-refractivity contribution is 5.53. The Bertz CT molecular complexity index is 441. The zero-order valence-corrected chi connectivity index (χ0v) is 7.34. The van der Waals surface area contributed by atoms with Crippen LogP contribution in [0.25, 0.3) is 16.5 Å². The summed E-state index contributed by atoms with van der Waals surface area (Å²) in [5.74, 6) is 0. The predicted octanol–water partition coefficient (Wildman–Crippen LogP) is 1.28. The molecule has 0 saturated heterocycles. The summed E-state index contributed by atoms with van der Waals surface area (Å²) >= 11 is 0. The van der Waals surface area contributed by atoms with E-state index in [4.69, 9.17) is 11.3 Å². The molecule has 1 heterocycles. The Morgan fingerprint density at radius 3 is 3.14 bits per heavy atom. The maximum Gasteiger partial charge on any atom is 0.271 e. The van der Waals surface area contributed by atoms with Gasteiger partial charge in [0.2, 0.25) is 0 Å². The molecular weight excluding hydrogens is 182 g/mol. The number of aromatic amines is 1. The Labute approximate surface area is 79.7 Å². The Morgan fingerprint density at radius 2 is 2.50 bits per heavy atom. The van der Waals surface area contributed by atoms with Crippen LogP contribution in [0, 0.1) is 0 Å². The number of nitrogens with one attached hydrogen (secondary N) is 1. The number of azide groups is 1. The van der Waals surface area contributed by atoms with Crippen molar-refractivity contribution < 1.29 is 0 Å². The second-order valence-corrected chi connectivity index (χ2v) is 2.53. The summed E-state index contributed by atoms with van der Waals surface area (Å²) < 4.78 is 0. The van der Waals surface area contributed by atoms with Crippen molar-refractivity contribution >= 4 is 11.8 Å². The van der Waals surface area contributed by atoms with Crippen LogP contribution in [0.1, 0.15) is 5.56 Å². The fourth-order valence-electron chi connectivity index (χ4n) is 0.888. The minimum absolute atomic E-state index is 0.163. The first-order valence-corrected chi connectivity index (χ1v) is 3.89. The predicted molar refractivity (Wildman–Crippen MR) is 54.5 cm³/mol. The van der Waals surface area contributed by atoms with E-state index in [-0.39, 0.29) is 17.8 Å². The van der Waals surface area contributed by atoms with Crippen LogP contribution >= 0.6 is 0 Å². The van der Waals surface area contributed by atoms with E-state index >= 15 is 0 Å². The minimum atomic E-state index is -0.308. The maximum atomic E-state index is 10.9. The highest BCUT2D eigenvalue weighted by Crippen LogP contribution is 2.01. The number of rotatable bonds is 3. The number of anilines is 1. The number of aromatic nitrogens is 1. The number of H-pyrrole nitrogens is 1. The molecule has 0 saturated carbocycles. The molecule has 3 N–H and O–H groups in total. The third-order valence-corrected chi connectivity index (χ3v) is 1.51. The zero-order valence-electron chi connectivity index (χ0n) is 7.34. The van der Waals surface area contributed by atoms with Crippen LogP contribution < -0.4 is 11.3 Å². The third kappa shape index (κ3) is 2.69. The number of nitrogens with zero attached hydrogens (tertiary/aromatic N) is 3. The molecule has 0 unspecified atom stereocenters. The summed E-state index contributed by atoms with van der Waals surface area (Å²) in [6, 6.07) is 1.55. The number of hydrogen-bond donors (Lipinski definition) is 2. The zero-order chi connectivity index (χ0) is 10.4. The topological polar surface area (TPSA) is 108 Å². The lowest BCUT2D eigenvalue weighted by atomic mass is 10.2. The van der Waals surface area contributed by atoms with Gasteiger partial charge in [-0.25, -0.2) is 0 Å². The summed E-state index contributed by atoms with van der Waals surface area (Å²) in [6.07, 6.45) is 4.92. The van der Waals surface area contributed by atoms with Crippen LogP contribution in [0.5, 0.6) is 0 Å². The van der Waals surface area contributed by atoms with Crippen LogP contribution in [-0.2, 0) is 0 Å². The lowest BCUT2D eigenvalue weighted by Crippen LogP contribution is -2.10. The number of nitrogens with two attached hydrogens (primary N) is 1. The van der Waals surface area contributed by atoms with Crippen molar-refractivity contribution in [2.75, 3.05) is 12.3 Å². The van der Waals surface area contributed by atoms with Crippen molar-refractivity contribution in [3.8, 4) is 0 Å². The van der Waals surface area contributed by atoms with E-state index in [1.807, 2.05) is 0 Å². The fraction of sp³-hybridized carbons (Fsp3) is 0.125. The monoisotopic (exact) mass is 191 g/mol. The largest absolute Gasteiger partial charge is 0.394 e. The van der Waals surface area contributed by atoms with Crippen LogP contribution in [0.3, 0.4) is 0 Å². The molecule has 0 aliphatic heterocycles. The molecule has 6 nitrogen and oxygen atoms in total. The van der Waals surface area contributed by atoms with Gasteiger partial charge < -0.3 is 10.7 Å². The molecule has 1 aromatic rings. The smallest absolute Gasteiger partial charge is 0.271 e. The lowest BCUT2D eigenvalue weighted by Gasteiger charge is -1.94. The molecule has 0 atom stereocenters. The normalized spacial score (nSPS) is 10.0. The molecule has 0 aliphatic rings. The fourth-order valence-corrected chi connectivity index (χ4v) is 0.888. The summed E-state index contributed by atoms with van der Waals surface area (Å²) in [7, 11) is 0. The second-order valence-electron chi connectivity index (χ2n) is 2.53. The lowest BCUT2D eigenvalue weighted by molar-refractivity contribution is 1.21. The Kier molecular flexibility index (Phi) is 3.34. The SMILES string of the molecule is [N-]=[N+]=NCC=Cc1c[nH]c(=O)c(N)c1. The first kappa shape index (κ1) is 9.88. The van der Waals surface area contributed by atoms with Gasteiger partial charge in [-0.15, -0.1) is 0 Å². The van der Waals surface area contributed by atoms with Gasteiger partial charge in [-0.05, 0) is 17.2 Å². The molecule has 6 heteroatoms. The Balaban J connectivity index is 2.77. The molecule has 0 bridgehead atoms. The Hall–Kier alpha value is -2.20. The second kappa shape index (κ2) is 4.74. The van der Waals surface area contributed by atoms with E-state index < -0.39 is 0 Å². The van der Waals surface area contributed by atoms with Gasteiger partial charge in [-0.3, -0.25) is 4.79 Å². The van der Waals surface area contributed by atoms with E-state index in [1.54, 1.807) is 18.2 Å². The van der Waals surface area contributed by atoms with Crippen molar-refractivity contribution in [2.45, 2.75) is 0 Å².